The predicted molar refractivity (Wildman–Crippen MR) is 82.5 cm³/mol. The van der Waals surface area contributed by atoms with E-state index in [2.05, 4.69) is 12.2 Å². The minimum atomic E-state index is -1.10. The summed E-state index contributed by atoms with van der Waals surface area (Å²) in [6.07, 6.45) is 0. The fourth-order valence-corrected chi connectivity index (χ4v) is 3.15. The fourth-order valence-electron chi connectivity index (χ4n) is 2.13. The fraction of sp³-hybridized carbons (Fsp3) is 0.429. The van der Waals surface area contributed by atoms with E-state index in [1.807, 2.05) is 11.8 Å². The molecule has 1 saturated heterocycles. The van der Waals surface area contributed by atoms with Gasteiger partial charge in [0, 0.05) is 24.1 Å². The molecule has 0 saturated carbocycles. The minimum Gasteiger partial charge on any atom is -0.497 e. The first-order valence-electron chi connectivity index (χ1n) is 6.60. The molecule has 0 aromatic heterocycles. The maximum atomic E-state index is 12.2. The van der Waals surface area contributed by atoms with E-state index in [4.69, 9.17) is 4.74 Å². The van der Waals surface area contributed by atoms with Crippen molar-refractivity contribution >= 4 is 29.4 Å². The van der Waals surface area contributed by atoms with Crippen LogP contribution in [-0.4, -0.2) is 53.2 Å². The van der Waals surface area contributed by atoms with E-state index in [0.717, 1.165) is 5.75 Å². The summed E-state index contributed by atoms with van der Waals surface area (Å²) in [5.74, 6) is 0.225. The van der Waals surface area contributed by atoms with E-state index < -0.39 is 5.97 Å². The Labute approximate surface area is 127 Å². The number of nitrogens with one attached hydrogen (secondary N) is 1. The van der Waals surface area contributed by atoms with E-state index in [0.29, 0.717) is 24.1 Å². The van der Waals surface area contributed by atoms with Gasteiger partial charge in [-0.2, -0.15) is 11.8 Å². The number of methoxy groups -OCH3 is 1. The second-order valence-corrected chi connectivity index (χ2v) is 6.32. The molecule has 1 aliphatic rings. The summed E-state index contributed by atoms with van der Waals surface area (Å²) < 4.78 is 5.01. The number of carbonyl (C=O) groups excluding carboxylic acids is 1. The van der Waals surface area contributed by atoms with Crippen LogP contribution in [0.2, 0.25) is 0 Å². The number of hydrogen-bond acceptors (Lipinski definition) is 4. The first kappa shape index (κ1) is 15.5. The molecule has 21 heavy (non-hydrogen) atoms. The number of hydrogen-bond donors (Lipinski definition) is 2. The molecule has 1 aromatic rings. The number of carboxylic acids is 1. The average molecular weight is 310 g/mol. The van der Waals surface area contributed by atoms with Crippen LogP contribution in [0, 0.1) is 0 Å². The quantitative estimate of drug-likeness (QED) is 0.896. The predicted octanol–water partition coefficient (Wildman–Crippen LogP) is 2.36. The molecule has 0 radical (unpaired) electrons. The number of ether oxygens (including phenoxy) is 1. The van der Waals surface area contributed by atoms with Crippen molar-refractivity contribution in [2.24, 2.45) is 0 Å². The van der Waals surface area contributed by atoms with Crippen LogP contribution in [0.15, 0.2) is 18.2 Å². The third-order valence-electron chi connectivity index (χ3n) is 3.23. The highest BCUT2D eigenvalue weighted by molar-refractivity contribution is 7.99. The molecular formula is C14H18N2O4S. The van der Waals surface area contributed by atoms with Gasteiger partial charge in [0.2, 0.25) is 0 Å². The van der Waals surface area contributed by atoms with Gasteiger partial charge >= 0.3 is 12.0 Å². The molecule has 0 bridgehead atoms. The zero-order valence-electron chi connectivity index (χ0n) is 12.0. The summed E-state index contributed by atoms with van der Waals surface area (Å²) in [5, 5.41) is 12.3. The Morgan fingerprint density at radius 1 is 1.48 bits per heavy atom. The summed E-state index contributed by atoms with van der Waals surface area (Å²) in [6.45, 7) is 3.40. The van der Waals surface area contributed by atoms with Gasteiger partial charge in [-0.15, -0.1) is 0 Å². The van der Waals surface area contributed by atoms with Crippen molar-refractivity contribution in [2.75, 3.05) is 31.3 Å². The number of carbonyl (C=O) groups is 2. The van der Waals surface area contributed by atoms with Crippen LogP contribution >= 0.6 is 11.8 Å². The molecule has 0 aliphatic carbocycles. The highest BCUT2D eigenvalue weighted by Crippen LogP contribution is 2.23. The van der Waals surface area contributed by atoms with Crippen LogP contribution in [0.1, 0.15) is 17.3 Å². The highest BCUT2D eigenvalue weighted by Gasteiger charge is 2.22. The van der Waals surface area contributed by atoms with Gasteiger partial charge in [0.25, 0.3) is 0 Å². The number of amides is 2. The molecule has 1 unspecified atom stereocenters. The maximum absolute atomic E-state index is 12.2. The molecule has 2 rings (SSSR count). The third kappa shape index (κ3) is 3.81. The van der Waals surface area contributed by atoms with Gasteiger partial charge in [-0.05, 0) is 18.2 Å². The number of thioether (sulfide) groups is 1. The summed E-state index contributed by atoms with van der Waals surface area (Å²) in [7, 11) is 1.46. The first-order chi connectivity index (χ1) is 10.0. The highest BCUT2D eigenvalue weighted by atomic mass is 32.2. The van der Waals surface area contributed by atoms with Crippen molar-refractivity contribution in [2.45, 2.75) is 12.2 Å². The second-order valence-electron chi connectivity index (χ2n) is 4.77. The molecule has 1 aromatic carbocycles. The van der Waals surface area contributed by atoms with Crippen LogP contribution in [0.3, 0.4) is 0 Å². The molecule has 2 amide bonds. The summed E-state index contributed by atoms with van der Waals surface area (Å²) >= 11 is 1.83. The van der Waals surface area contributed by atoms with Crippen LogP contribution in [0.25, 0.3) is 0 Å². The molecule has 1 atom stereocenters. The number of anilines is 1. The average Bonchev–Trinajstić information content (AvgIpc) is 2.47. The number of urea groups is 1. The normalized spacial score (nSPS) is 18.2. The van der Waals surface area contributed by atoms with Gasteiger partial charge in [-0.25, -0.2) is 9.59 Å². The van der Waals surface area contributed by atoms with E-state index in [-0.39, 0.29) is 17.3 Å². The van der Waals surface area contributed by atoms with E-state index >= 15 is 0 Å². The smallest absolute Gasteiger partial charge is 0.337 e. The molecule has 1 aliphatic heterocycles. The van der Waals surface area contributed by atoms with Gasteiger partial charge < -0.3 is 20.1 Å². The lowest BCUT2D eigenvalue weighted by molar-refractivity contribution is 0.0697. The number of aromatic carboxylic acids is 1. The maximum Gasteiger partial charge on any atom is 0.337 e. The molecular weight excluding hydrogens is 292 g/mol. The van der Waals surface area contributed by atoms with Crippen molar-refractivity contribution in [1.82, 2.24) is 4.90 Å². The summed E-state index contributed by atoms with van der Waals surface area (Å²) in [5.41, 5.74) is 0.293. The SMILES string of the molecule is COc1ccc(NC(=O)N2CCSC(C)C2)c(C(=O)O)c1. The standard InChI is InChI=1S/C14H18N2O4S/c1-9-8-16(5-6-21-9)14(19)15-12-4-3-10(20-2)7-11(12)13(17)18/h3-4,7,9H,5-6,8H2,1-2H3,(H,15,19)(H,17,18). The van der Waals surface area contributed by atoms with E-state index in [1.165, 1.54) is 13.2 Å². The van der Waals surface area contributed by atoms with Crippen LogP contribution in [0.4, 0.5) is 10.5 Å². The Bertz CT molecular complexity index is 550. The molecule has 114 valence electrons. The number of rotatable bonds is 3. The number of nitrogens with zero attached hydrogens (tertiary/aromatic N) is 1. The first-order valence-corrected chi connectivity index (χ1v) is 7.65. The number of benzene rings is 1. The van der Waals surface area contributed by atoms with Crippen LogP contribution in [0.5, 0.6) is 5.75 Å². The van der Waals surface area contributed by atoms with Crippen LogP contribution < -0.4 is 10.1 Å². The number of carboxylic acid groups (broad SMARTS) is 1. The monoisotopic (exact) mass is 310 g/mol. The van der Waals surface area contributed by atoms with Gasteiger partial charge in [0.1, 0.15) is 5.75 Å². The zero-order valence-corrected chi connectivity index (χ0v) is 12.8. The van der Waals surface area contributed by atoms with Crippen LogP contribution in [-0.2, 0) is 0 Å². The van der Waals surface area contributed by atoms with Gasteiger partial charge in [0.05, 0.1) is 18.4 Å². The van der Waals surface area contributed by atoms with E-state index in [9.17, 15) is 14.7 Å². The Morgan fingerprint density at radius 2 is 2.24 bits per heavy atom. The molecule has 1 fully saturated rings. The van der Waals surface area contributed by atoms with Crippen molar-refractivity contribution in [3.05, 3.63) is 23.8 Å². The Morgan fingerprint density at radius 3 is 2.86 bits per heavy atom. The minimum absolute atomic E-state index is 0.0159. The van der Waals surface area contributed by atoms with E-state index in [1.54, 1.807) is 17.0 Å². The molecule has 1 heterocycles. The van der Waals surface area contributed by atoms with Gasteiger partial charge in [0.15, 0.2) is 0 Å². The van der Waals surface area contributed by atoms with Crippen molar-refractivity contribution < 1.29 is 19.4 Å². The Hall–Kier alpha value is -1.89. The topological polar surface area (TPSA) is 78.9 Å². The summed E-state index contributed by atoms with van der Waals surface area (Å²) in [6, 6.07) is 4.29. The lowest BCUT2D eigenvalue weighted by Crippen LogP contribution is -2.43. The Balaban J connectivity index is 2.14. The van der Waals surface area contributed by atoms with Gasteiger partial charge in [-0.3, -0.25) is 0 Å². The molecule has 6 nitrogen and oxygen atoms in total. The largest absolute Gasteiger partial charge is 0.497 e. The summed E-state index contributed by atoms with van der Waals surface area (Å²) in [4.78, 5) is 25.2. The molecule has 2 N–H and O–H groups in total. The third-order valence-corrected chi connectivity index (χ3v) is 4.36. The molecule has 0 spiro atoms. The van der Waals surface area contributed by atoms with Gasteiger partial charge in [-0.1, -0.05) is 6.92 Å². The molecule has 7 heteroatoms. The Kier molecular flexibility index (Phi) is 4.95. The van der Waals surface area contributed by atoms with Crippen molar-refractivity contribution in [1.29, 1.82) is 0 Å². The second kappa shape index (κ2) is 6.71. The lowest BCUT2D eigenvalue weighted by Gasteiger charge is -2.30. The van der Waals surface area contributed by atoms with Crippen molar-refractivity contribution in [3.8, 4) is 5.75 Å². The van der Waals surface area contributed by atoms with Crippen molar-refractivity contribution in [3.63, 3.8) is 0 Å². The lowest BCUT2D eigenvalue weighted by atomic mass is 10.1. The zero-order chi connectivity index (χ0) is 15.4.